The summed E-state index contributed by atoms with van der Waals surface area (Å²) in [6.07, 6.45) is 0.535. The molecule has 12 nitrogen and oxygen atoms in total. The highest BCUT2D eigenvalue weighted by Gasteiger charge is 2.62. The zero-order chi connectivity index (χ0) is 36.4. The van der Waals surface area contributed by atoms with Crippen LogP contribution in [0.4, 0.5) is 0 Å². The van der Waals surface area contributed by atoms with Gasteiger partial charge in [0.05, 0.1) is 32.0 Å². The third kappa shape index (κ3) is 7.55. The van der Waals surface area contributed by atoms with Crippen LogP contribution >= 0.6 is 0 Å². The SMILES string of the molecule is CCC1CC1(NC(=O)C1CC(Oc2cc(-c3ccccc3)nc3cc(OC)ccc23)CN1C(=O)C(C(=O)OC(C)(C)C)C(C)CN)C(=O)OC. The van der Waals surface area contributed by atoms with Crippen molar-refractivity contribution in [2.75, 3.05) is 27.3 Å². The molecule has 3 aromatic rings. The Kier molecular flexibility index (Phi) is 10.7. The van der Waals surface area contributed by atoms with Crippen molar-refractivity contribution in [3.8, 4) is 22.8 Å². The van der Waals surface area contributed by atoms with Crippen molar-refractivity contribution in [1.82, 2.24) is 15.2 Å². The number of benzene rings is 2. The van der Waals surface area contributed by atoms with Crippen molar-refractivity contribution in [1.29, 1.82) is 0 Å². The Morgan fingerprint density at radius 2 is 1.80 bits per heavy atom. The Hall–Kier alpha value is -4.71. The van der Waals surface area contributed by atoms with Crippen LogP contribution in [0.3, 0.4) is 0 Å². The lowest BCUT2D eigenvalue weighted by molar-refractivity contribution is -0.168. The summed E-state index contributed by atoms with van der Waals surface area (Å²) in [6.45, 7) is 8.85. The van der Waals surface area contributed by atoms with Crippen LogP contribution in [0.15, 0.2) is 54.6 Å². The summed E-state index contributed by atoms with van der Waals surface area (Å²) in [5.41, 5.74) is 6.15. The van der Waals surface area contributed by atoms with E-state index in [2.05, 4.69) is 5.32 Å². The molecule has 12 heteroatoms. The topological polar surface area (TPSA) is 159 Å². The molecule has 1 aliphatic heterocycles. The van der Waals surface area contributed by atoms with E-state index in [0.29, 0.717) is 40.9 Å². The van der Waals surface area contributed by atoms with E-state index in [1.807, 2.05) is 61.5 Å². The first-order valence-corrected chi connectivity index (χ1v) is 17.1. The molecule has 268 valence electrons. The van der Waals surface area contributed by atoms with Gasteiger partial charge in [-0.05, 0) is 57.7 Å². The molecule has 2 heterocycles. The molecule has 1 aliphatic carbocycles. The lowest BCUT2D eigenvalue weighted by Gasteiger charge is -2.32. The number of ether oxygens (including phenoxy) is 4. The van der Waals surface area contributed by atoms with Gasteiger partial charge < -0.3 is 34.9 Å². The number of esters is 2. The van der Waals surface area contributed by atoms with Gasteiger partial charge in [-0.15, -0.1) is 0 Å². The van der Waals surface area contributed by atoms with Gasteiger partial charge in [0.15, 0.2) is 0 Å². The molecule has 0 bridgehead atoms. The number of amides is 2. The first-order chi connectivity index (χ1) is 23.7. The van der Waals surface area contributed by atoms with E-state index in [1.54, 1.807) is 34.8 Å². The summed E-state index contributed by atoms with van der Waals surface area (Å²) >= 11 is 0. The fourth-order valence-corrected chi connectivity index (χ4v) is 6.73. The van der Waals surface area contributed by atoms with Crippen molar-refractivity contribution in [3.05, 3.63) is 54.6 Å². The number of nitrogens with two attached hydrogens (primary N) is 1. The van der Waals surface area contributed by atoms with E-state index in [0.717, 1.165) is 5.56 Å². The Morgan fingerprint density at radius 1 is 1.08 bits per heavy atom. The van der Waals surface area contributed by atoms with Crippen LogP contribution in [0.5, 0.6) is 11.5 Å². The number of likely N-dealkylation sites (tertiary alicyclic amines) is 1. The highest BCUT2D eigenvalue weighted by molar-refractivity contribution is 6.01. The second kappa shape index (κ2) is 14.6. The van der Waals surface area contributed by atoms with Crippen LogP contribution in [0, 0.1) is 17.8 Å². The number of hydrogen-bond acceptors (Lipinski definition) is 10. The van der Waals surface area contributed by atoms with Gasteiger partial charge in [0, 0.05) is 29.5 Å². The summed E-state index contributed by atoms with van der Waals surface area (Å²) in [5.74, 6) is -3.16. The van der Waals surface area contributed by atoms with Gasteiger partial charge >= 0.3 is 11.9 Å². The average Bonchev–Trinajstić information content (AvgIpc) is 3.65. The molecular formula is C38H48N4O8. The number of pyridine rings is 1. The van der Waals surface area contributed by atoms with Crippen LogP contribution in [0.1, 0.15) is 53.9 Å². The summed E-state index contributed by atoms with van der Waals surface area (Å²) in [6, 6.07) is 15.9. The van der Waals surface area contributed by atoms with Gasteiger partial charge in [-0.1, -0.05) is 50.6 Å². The van der Waals surface area contributed by atoms with Gasteiger partial charge in [-0.3, -0.25) is 14.4 Å². The van der Waals surface area contributed by atoms with Gasteiger partial charge in [0.25, 0.3) is 0 Å². The van der Waals surface area contributed by atoms with Gasteiger partial charge in [-0.2, -0.15) is 0 Å². The molecule has 2 amide bonds. The predicted octanol–water partition coefficient (Wildman–Crippen LogP) is 4.27. The minimum absolute atomic E-state index is 0.00339. The van der Waals surface area contributed by atoms with E-state index in [-0.39, 0.29) is 25.4 Å². The zero-order valence-corrected chi connectivity index (χ0v) is 29.9. The molecule has 6 unspecified atom stereocenters. The smallest absolute Gasteiger partial charge is 0.331 e. The fraction of sp³-hybridized carbons (Fsp3) is 0.500. The Balaban J connectivity index is 1.52. The maximum Gasteiger partial charge on any atom is 0.331 e. The number of hydrogen-bond donors (Lipinski definition) is 2. The molecule has 0 spiro atoms. The molecule has 2 aliphatic rings. The fourth-order valence-electron chi connectivity index (χ4n) is 6.73. The number of carbonyl (C=O) groups is 4. The molecule has 50 heavy (non-hydrogen) atoms. The van der Waals surface area contributed by atoms with Gasteiger partial charge in [-0.25, -0.2) is 9.78 Å². The second-order valence-corrected chi connectivity index (χ2v) is 14.2. The summed E-state index contributed by atoms with van der Waals surface area (Å²) in [5, 5.41) is 3.64. The summed E-state index contributed by atoms with van der Waals surface area (Å²) < 4.78 is 22.8. The van der Waals surface area contributed by atoms with Crippen molar-refractivity contribution in [2.24, 2.45) is 23.5 Å². The van der Waals surface area contributed by atoms with E-state index >= 15 is 0 Å². The molecule has 6 atom stereocenters. The first kappa shape index (κ1) is 36.6. The quantitative estimate of drug-likeness (QED) is 0.208. The number of methoxy groups -OCH3 is 2. The number of fused-ring (bicyclic) bond motifs is 1. The number of nitrogens with zero attached hydrogens (tertiary/aromatic N) is 2. The monoisotopic (exact) mass is 688 g/mol. The second-order valence-electron chi connectivity index (χ2n) is 14.2. The molecule has 0 radical (unpaired) electrons. The molecule has 3 N–H and O–H groups in total. The normalized spacial score (nSPS) is 22.7. The van der Waals surface area contributed by atoms with Crippen LogP contribution in [-0.2, 0) is 28.7 Å². The molecule has 1 aromatic heterocycles. The summed E-state index contributed by atoms with van der Waals surface area (Å²) in [4.78, 5) is 61.2. The third-order valence-corrected chi connectivity index (χ3v) is 9.55. The van der Waals surface area contributed by atoms with Crippen molar-refractivity contribution >= 4 is 34.7 Å². The Labute approximate surface area is 293 Å². The average molecular weight is 689 g/mol. The number of rotatable bonds is 12. The maximum absolute atomic E-state index is 14.4. The van der Waals surface area contributed by atoms with Crippen LogP contribution < -0.4 is 20.5 Å². The van der Waals surface area contributed by atoms with E-state index in [1.165, 1.54) is 12.0 Å². The van der Waals surface area contributed by atoms with Crippen LogP contribution in [0.25, 0.3) is 22.2 Å². The van der Waals surface area contributed by atoms with Crippen molar-refractivity contribution in [3.63, 3.8) is 0 Å². The Morgan fingerprint density at radius 3 is 2.40 bits per heavy atom. The molecule has 2 aromatic carbocycles. The maximum atomic E-state index is 14.4. The van der Waals surface area contributed by atoms with Gasteiger partial charge in [0.2, 0.25) is 11.8 Å². The lowest BCUT2D eigenvalue weighted by Crippen LogP contribution is -2.55. The number of nitrogens with one attached hydrogen (secondary N) is 1. The number of carbonyl (C=O) groups excluding carboxylic acids is 4. The minimum Gasteiger partial charge on any atom is -0.497 e. The predicted molar refractivity (Wildman–Crippen MR) is 187 cm³/mol. The molecule has 5 rings (SSSR count). The van der Waals surface area contributed by atoms with E-state index in [4.69, 9.17) is 29.7 Å². The van der Waals surface area contributed by atoms with Crippen LogP contribution in [-0.4, -0.2) is 84.2 Å². The first-order valence-electron chi connectivity index (χ1n) is 17.1. The van der Waals surface area contributed by atoms with Gasteiger partial charge in [0.1, 0.15) is 40.7 Å². The lowest BCUT2D eigenvalue weighted by atomic mass is 9.92. The highest BCUT2D eigenvalue weighted by atomic mass is 16.6. The van der Waals surface area contributed by atoms with Crippen molar-refractivity contribution < 1.29 is 38.1 Å². The molecule has 2 fully saturated rings. The largest absolute Gasteiger partial charge is 0.497 e. The summed E-state index contributed by atoms with van der Waals surface area (Å²) in [7, 11) is 2.87. The third-order valence-electron chi connectivity index (χ3n) is 9.55. The highest BCUT2D eigenvalue weighted by Crippen LogP contribution is 2.47. The molecule has 1 saturated carbocycles. The van der Waals surface area contributed by atoms with E-state index < -0.39 is 58.9 Å². The zero-order valence-electron chi connectivity index (χ0n) is 29.9. The molecule has 1 saturated heterocycles. The number of aromatic nitrogens is 1. The van der Waals surface area contributed by atoms with Crippen molar-refractivity contribution in [2.45, 2.75) is 77.2 Å². The van der Waals surface area contributed by atoms with Crippen LogP contribution in [0.2, 0.25) is 0 Å². The Bertz CT molecular complexity index is 1740. The minimum atomic E-state index is -1.26. The molecular weight excluding hydrogens is 640 g/mol. The standard InChI is InChI=1S/C38H48N4O8/c1-8-24-19-38(24,36(46)48-7)41-33(43)30-17-26(21-42(30)34(44)32(22(2)20-39)35(45)50-37(3,4)5)49-31-18-28(23-12-10-9-11-13-23)40-29-16-25(47-6)14-15-27(29)31/h9-16,18,22,24,26,30,32H,8,17,19-21,39H2,1-7H3,(H,41,43). The van der Waals surface area contributed by atoms with E-state index in [9.17, 15) is 19.2 Å².